The maximum Gasteiger partial charge on any atom is 0.303 e. The monoisotopic (exact) mass is 212 g/mol. The van der Waals surface area contributed by atoms with Gasteiger partial charge in [0.2, 0.25) is 0 Å². The molecule has 0 fully saturated rings. The van der Waals surface area contributed by atoms with Crippen molar-refractivity contribution in [3.63, 3.8) is 0 Å². The highest BCUT2D eigenvalue weighted by Crippen LogP contribution is 1.97. The van der Waals surface area contributed by atoms with Crippen molar-refractivity contribution >= 4 is 5.97 Å². The molecule has 0 aromatic rings. The summed E-state index contributed by atoms with van der Waals surface area (Å²) in [5.41, 5.74) is 0. The van der Waals surface area contributed by atoms with Gasteiger partial charge in [-0.15, -0.1) is 0 Å². The number of carboxylic acid groups (broad SMARTS) is 1. The van der Waals surface area contributed by atoms with Crippen molar-refractivity contribution in [1.29, 1.82) is 0 Å². The summed E-state index contributed by atoms with van der Waals surface area (Å²) in [6.07, 6.45) is 3.28. The van der Waals surface area contributed by atoms with E-state index < -0.39 is 5.97 Å². The van der Waals surface area contributed by atoms with Crippen LogP contribution in [0, 0.1) is 0 Å². The summed E-state index contributed by atoms with van der Waals surface area (Å²) in [5.74, 6) is -0.682. The maximum atomic E-state index is 9.87. The molecule has 0 aliphatic rings. The lowest BCUT2D eigenvalue weighted by atomic mass is 10.2. The smallest absolute Gasteiger partial charge is 0.303 e. The van der Waals surface area contributed by atoms with E-state index in [1.54, 1.807) is 0 Å². The zero-order valence-electron chi connectivity index (χ0n) is 5.18. The molecule has 0 atom stereocenters. The van der Waals surface area contributed by atoms with Crippen molar-refractivity contribution in [2.45, 2.75) is 77.2 Å². The van der Waals surface area contributed by atoms with E-state index in [-0.39, 0.29) is 44.6 Å². The quantitative estimate of drug-likeness (QED) is 0.627. The molecule has 1 N–H and O–H groups in total. The lowest BCUT2D eigenvalue weighted by Crippen LogP contribution is -1.92. The Hall–Kier alpha value is -0.530. The lowest BCUT2D eigenvalue weighted by Gasteiger charge is -1.89. The number of rotatable bonds is 4. The minimum absolute atomic E-state index is 0. The molecule has 14 heavy (non-hydrogen) atoms. The number of aliphatic carboxylic acids is 1. The summed E-state index contributed by atoms with van der Waals surface area (Å²) < 4.78 is 0. The second-order valence-electron chi connectivity index (χ2n) is 1.85. The van der Waals surface area contributed by atoms with E-state index in [0.29, 0.717) is 6.42 Å². The Labute approximate surface area is 93.7 Å². The third kappa shape index (κ3) is 62.9. The van der Waals surface area contributed by atoms with Crippen LogP contribution < -0.4 is 0 Å². The fourth-order valence-electron chi connectivity index (χ4n) is 0.526. The fourth-order valence-corrected chi connectivity index (χ4v) is 0.526. The number of hydrogen-bond acceptors (Lipinski definition) is 1. The van der Waals surface area contributed by atoms with Crippen molar-refractivity contribution in [3.8, 4) is 0 Å². The predicted octanol–water partition coefficient (Wildman–Crippen LogP) is 5.47. The van der Waals surface area contributed by atoms with Crippen LogP contribution in [-0.4, -0.2) is 11.1 Å². The molecular formula is C12H36O2. The first-order valence-electron chi connectivity index (χ1n) is 2.99. The Kier molecular flexibility index (Phi) is 140. The highest BCUT2D eigenvalue weighted by molar-refractivity contribution is 5.66. The average Bonchev–Trinajstić information content (AvgIpc) is 1.66. The van der Waals surface area contributed by atoms with Gasteiger partial charge in [-0.05, 0) is 6.42 Å². The molecule has 0 aliphatic carbocycles. The van der Waals surface area contributed by atoms with Crippen molar-refractivity contribution in [3.05, 3.63) is 0 Å². The fraction of sp³-hybridized carbons (Fsp3) is 0.917. The van der Waals surface area contributed by atoms with Gasteiger partial charge in [0.1, 0.15) is 0 Å². The molecule has 0 saturated carbocycles. The van der Waals surface area contributed by atoms with E-state index in [1.165, 1.54) is 0 Å². The van der Waals surface area contributed by atoms with Crippen LogP contribution in [0.1, 0.15) is 77.2 Å². The maximum absolute atomic E-state index is 9.87. The standard InChI is InChI=1S/C6H12O2.6CH4/c1-2-3-4-5-6(7)8;;;;;;/h2-5H2,1H3,(H,7,8);6*1H4. The zero-order chi connectivity index (χ0) is 6.41. The van der Waals surface area contributed by atoms with Crippen LogP contribution in [0.5, 0.6) is 0 Å². The van der Waals surface area contributed by atoms with Crippen LogP contribution in [0.4, 0.5) is 0 Å². The first-order chi connectivity index (χ1) is 3.77. The van der Waals surface area contributed by atoms with Gasteiger partial charge in [-0.2, -0.15) is 0 Å². The van der Waals surface area contributed by atoms with Gasteiger partial charge in [0.25, 0.3) is 0 Å². The molecule has 0 aliphatic heterocycles. The van der Waals surface area contributed by atoms with Gasteiger partial charge in [0.15, 0.2) is 0 Å². The predicted molar refractivity (Wildman–Crippen MR) is 72.2 cm³/mol. The number of carbonyl (C=O) groups is 1. The topological polar surface area (TPSA) is 37.3 Å². The normalized spacial score (nSPS) is 5.21. The molecule has 0 heterocycles. The summed E-state index contributed by atoms with van der Waals surface area (Å²) in [6, 6.07) is 0. The van der Waals surface area contributed by atoms with Crippen LogP contribution in [0.2, 0.25) is 0 Å². The minimum atomic E-state index is -0.682. The molecule has 0 spiro atoms. The van der Waals surface area contributed by atoms with E-state index in [9.17, 15) is 4.79 Å². The molecule has 2 heteroatoms. The zero-order valence-corrected chi connectivity index (χ0v) is 5.18. The number of carboxylic acids is 1. The Morgan fingerprint density at radius 3 is 1.50 bits per heavy atom. The van der Waals surface area contributed by atoms with Gasteiger partial charge in [0.05, 0.1) is 0 Å². The van der Waals surface area contributed by atoms with E-state index >= 15 is 0 Å². The molecule has 2 nitrogen and oxygen atoms in total. The van der Waals surface area contributed by atoms with Crippen LogP contribution in [0.15, 0.2) is 0 Å². The van der Waals surface area contributed by atoms with Crippen molar-refractivity contribution in [2.75, 3.05) is 0 Å². The second kappa shape index (κ2) is 39.2. The Bertz CT molecular complexity index is 70.7. The summed E-state index contributed by atoms with van der Waals surface area (Å²) in [5, 5.41) is 8.14. The van der Waals surface area contributed by atoms with Crippen LogP contribution >= 0.6 is 0 Å². The Morgan fingerprint density at radius 2 is 1.29 bits per heavy atom. The van der Waals surface area contributed by atoms with Gasteiger partial charge in [0, 0.05) is 6.42 Å². The third-order valence-electron chi connectivity index (χ3n) is 0.994. The van der Waals surface area contributed by atoms with E-state index in [2.05, 4.69) is 6.92 Å². The first kappa shape index (κ1) is 50.0. The average molecular weight is 212 g/mol. The van der Waals surface area contributed by atoms with E-state index in [0.717, 1.165) is 19.3 Å². The molecule has 0 rings (SSSR count). The Balaban J connectivity index is -0.0000000163. The van der Waals surface area contributed by atoms with Gasteiger partial charge in [-0.25, -0.2) is 0 Å². The third-order valence-corrected chi connectivity index (χ3v) is 0.994. The molecule has 0 aromatic carbocycles. The summed E-state index contributed by atoms with van der Waals surface area (Å²) in [7, 11) is 0. The molecule has 0 radical (unpaired) electrons. The number of hydrogen-bond donors (Lipinski definition) is 1. The summed E-state index contributed by atoms with van der Waals surface area (Å²) >= 11 is 0. The van der Waals surface area contributed by atoms with Crippen molar-refractivity contribution in [1.82, 2.24) is 0 Å². The molecule has 0 aromatic heterocycles. The van der Waals surface area contributed by atoms with E-state index in [4.69, 9.17) is 5.11 Å². The molecule has 0 amide bonds. The van der Waals surface area contributed by atoms with Gasteiger partial charge in [-0.3, -0.25) is 4.79 Å². The van der Waals surface area contributed by atoms with Crippen molar-refractivity contribution < 1.29 is 9.90 Å². The molecule has 0 bridgehead atoms. The van der Waals surface area contributed by atoms with Gasteiger partial charge in [-0.1, -0.05) is 64.3 Å². The SMILES string of the molecule is C.C.C.C.C.C.CCCCCC(=O)O. The van der Waals surface area contributed by atoms with Crippen LogP contribution in [-0.2, 0) is 4.79 Å². The first-order valence-corrected chi connectivity index (χ1v) is 2.99. The van der Waals surface area contributed by atoms with Crippen molar-refractivity contribution in [2.24, 2.45) is 0 Å². The summed E-state index contributed by atoms with van der Waals surface area (Å²) in [6.45, 7) is 2.06. The minimum Gasteiger partial charge on any atom is -0.481 e. The largest absolute Gasteiger partial charge is 0.481 e. The highest BCUT2D eigenvalue weighted by Gasteiger charge is 1.92. The highest BCUT2D eigenvalue weighted by atomic mass is 16.4. The van der Waals surface area contributed by atoms with Crippen LogP contribution in [0.3, 0.4) is 0 Å². The lowest BCUT2D eigenvalue weighted by molar-refractivity contribution is -0.137. The number of unbranched alkanes of at least 4 members (excludes halogenated alkanes) is 2. The molecule has 96 valence electrons. The molecule has 0 saturated heterocycles. The summed E-state index contributed by atoms with van der Waals surface area (Å²) in [4.78, 5) is 9.87. The van der Waals surface area contributed by atoms with Gasteiger partial charge < -0.3 is 5.11 Å². The Morgan fingerprint density at radius 1 is 0.929 bits per heavy atom. The second-order valence-corrected chi connectivity index (χ2v) is 1.85. The van der Waals surface area contributed by atoms with E-state index in [1.807, 2.05) is 0 Å². The van der Waals surface area contributed by atoms with Gasteiger partial charge >= 0.3 is 5.97 Å². The molecular weight excluding hydrogens is 176 g/mol. The van der Waals surface area contributed by atoms with Crippen LogP contribution in [0.25, 0.3) is 0 Å². The molecule has 0 unspecified atom stereocenters.